The number of benzene rings is 1. The molecule has 0 aliphatic heterocycles. The summed E-state index contributed by atoms with van der Waals surface area (Å²) < 4.78 is 0. The van der Waals surface area contributed by atoms with Crippen LogP contribution < -0.4 is 5.32 Å². The molecule has 2 rings (SSSR count). The molecule has 1 saturated carbocycles. The van der Waals surface area contributed by atoms with Crippen LogP contribution in [0, 0.1) is 11.3 Å². The second-order valence-corrected chi connectivity index (χ2v) is 4.27. The summed E-state index contributed by atoms with van der Waals surface area (Å²) in [5.41, 5.74) is 1.11. The van der Waals surface area contributed by atoms with Gasteiger partial charge >= 0.3 is 6.03 Å². The van der Waals surface area contributed by atoms with Crippen molar-refractivity contribution in [2.75, 3.05) is 18.5 Å². The van der Waals surface area contributed by atoms with Gasteiger partial charge in [0.05, 0.1) is 18.2 Å². The number of nitrogens with zero attached hydrogens (tertiary/aromatic N) is 2. The average Bonchev–Trinajstić information content (AvgIpc) is 3.20. The van der Waals surface area contributed by atoms with Gasteiger partial charge in [-0.1, -0.05) is 6.07 Å². The number of nitrogens with one attached hydrogen (secondary N) is 1. The van der Waals surface area contributed by atoms with E-state index in [9.17, 15) is 4.79 Å². The summed E-state index contributed by atoms with van der Waals surface area (Å²) in [4.78, 5) is 13.6. The topological polar surface area (TPSA) is 76.4 Å². The minimum Gasteiger partial charge on any atom is -0.395 e. The first-order valence-electron chi connectivity index (χ1n) is 5.93. The Morgan fingerprint density at radius 2 is 2.33 bits per heavy atom. The zero-order chi connectivity index (χ0) is 13.0. The van der Waals surface area contributed by atoms with E-state index in [1.807, 2.05) is 6.07 Å². The van der Waals surface area contributed by atoms with Crippen LogP contribution in [0.2, 0.25) is 0 Å². The maximum absolute atomic E-state index is 12.0. The molecule has 1 fully saturated rings. The van der Waals surface area contributed by atoms with Crippen molar-refractivity contribution in [2.24, 2.45) is 0 Å². The van der Waals surface area contributed by atoms with E-state index >= 15 is 0 Å². The van der Waals surface area contributed by atoms with Crippen LogP contribution in [0.4, 0.5) is 10.5 Å². The van der Waals surface area contributed by atoms with Gasteiger partial charge in [0.25, 0.3) is 0 Å². The molecule has 0 radical (unpaired) electrons. The van der Waals surface area contributed by atoms with Crippen molar-refractivity contribution in [1.82, 2.24) is 4.90 Å². The molecule has 5 nitrogen and oxygen atoms in total. The number of aliphatic hydroxyl groups excluding tert-OH is 1. The molecule has 0 aromatic heterocycles. The molecular weight excluding hydrogens is 230 g/mol. The zero-order valence-electron chi connectivity index (χ0n) is 9.97. The van der Waals surface area contributed by atoms with Crippen molar-refractivity contribution in [1.29, 1.82) is 5.26 Å². The third-order valence-corrected chi connectivity index (χ3v) is 2.83. The molecule has 1 aliphatic carbocycles. The minimum atomic E-state index is -0.221. The summed E-state index contributed by atoms with van der Waals surface area (Å²) in [5, 5.41) is 20.5. The Labute approximate surface area is 106 Å². The molecule has 2 N–H and O–H groups in total. The summed E-state index contributed by atoms with van der Waals surface area (Å²) in [7, 11) is 0. The quantitative estimate of drug-likeness (QED) is 0.844. The molecule has 1 aliphatic rings. The fourth-order valence-corrected chi connectivity index (χ4v) is 1.81. The van der Waals surface area contributed by atoms with Crippen LogP contribution in [0.25, 0.3) is 0 Å². The van der Waals surface area contributed by atoms with Crippen LogP contribution in [-0.2, 0) is 0 Å². The van der Waals surface area contributed by atoms with E-state index in [-0.39, 0.29) is 18.7 Å². The highest BCUT2D eigenvalue weighted by molar-refractivity contribution is 5.89. The Balaban J connectivity index is 2.03. The minimum absolute atomic E-state index is 0.0395. The lowest BCUT2D eigenvalue weighted by molar-refractivity contribution is 0.185. The number of amides is 2. The van der Waals surface area contributed by atoms with Gasteiger partial charge in [-0.2, -0.15) is 5.26 Å². The number of hydrogen-bond donors (Lipinski definition) is 2. The van der Waals surface area contributed by atoms with E-state index in [4.69, 9.17) is 10.4 Å². The van der Waals surface area contributed by atoms with E-state index in [0.29, 0.717) is 17.8 Å². The maximum atomic E-state index is 12.0. The molecule has 0 heterocycles. The molecule has 1 aromatic carbocycles. The second-order valence-electron chi connectivity index (χ2n) is 4.27. The number of rotatable bonds is 4. The largest absolute Gasteiger partial charge is 0.395 e. The lowest BCUT2D eigenvalue weighted by atomic mass is 10.2. The van der Waals surface area contributed by atoms with Crippen molar-refractivity contribution >= 4 is 11.7 Å². The number of carbonyl (C=O) groups is 1. The first-order chi connectivity index (χ1) is 8.74. The van der Waals surface area contributed by atoms with Gasteiger partial charge in [-0.15, -0.1) is 0 Å². The van der Waals surface area contributed by atoms with E-state index in [2.05, 4.69) is 5.32 Å². The molecule has 0 bridgehead atoms. The van der Waals surface area contributed by atoms with Crippen molar-refractivity contribution in [2.45, 2.75) is 18.9 Å². The first kappa shape index (κ1) is 12.4. The van der Waals surface area contributed by atoms with Crippen LogP contribution in [-0.4, -0.2) is 35.2 Å². The van der Waals surface area contributed by atoms with Crippen molar-refractivity contribution in [3.05, 3.63) is 29.8 Å². The van der Waals surface area contributed by atoms with E-state index in [1.54, 1.807) is 29.2 Å². The molecule has 1 aromatic rings. The van der Waals surface area contributed by atoms with E-state index in [1.165, 1.54) is 0 Å². The maximum Gasteiger partial charge on any atom is 0.322 e. The second kappa shape index (κ2) is 5.52. The molecule has 94 valence electrons. The molecule has 5 heteroatoms. The SMILES string of the molecule is N#Cc1cccc(NC(=O)N(CCO)C2CC2)c1. The van der Waals surface area contributed by atoms with Crippen LogP contribution >= 0.6 is 0 Å². The monoisotopic (exact) mass is 245 g/mol. The van der Waals surface area contributed by atoms with Gasteiger partial charge in [0.1, 0.15) is 0 Å². The van der Waals surface area contributed by atoms with Crippen molar-refractivity contribution in [3.8, 4) is 6.07 Å². The van der Waals surface area contributed by atoms with E-state index in [0.717, 1.165) is 12.8 Å². The molecule has 0 unspecified atom stereocenters. The van der Waals surface area contributed by atoms with Crippen LogP contribution in [0.3, 0.4) is 0 Å². The summed E-state index contributed by atoms with van der Waals surface area (Å²) in [5.74, 6) is 0. The molecule has 0 saturated heterocycles. The first-order valence-corrected chi connectivity index (χ1v) is 5.93. The van der Waals surface area contributed by atoms with Gasteiger partial charge in [0.15, 0.2) is 0 Å². The van der Waals surface area contributed by atoms with Gasteiger partial charge in [-0.05, 0) is 31.0 Å². The van der Waals surface area contributed by atoms with Gasteiger partial charge < -0.3 is 15.3 Å². The lowest BCUT2D eigenvalue weighted by Crippen LogP contribution is -2.38. The van der Waals surface area contributed by atoms with Gasteiger partial charge in [-0.3, -0.25) is 0 Å². The molecule has 2 amide bonds. The zero-order valence-corrected chi connectivity index (χ0v) is 9.97. The fourth-order valence-electron chi connectivity index (χ4n) is 1.81. The summed E-state index contributed by atoms with van der Waals surface area (Å²) in [6.07, 6.45) is 1.98. The van der Waals surface area contributed by atoms with Gasteiger partial charge in [-0.25, -0.2) is 4.79 Å². The third-order valence-electron chi connectivity index (χ3n) is 2.83. The highest BCUT2D eigenvalue weighted by Crippen LogP contribution is 2.27. The van der Waals surface area contributed by atoms with Crippen molar-refractivity contribution < 1.29 is 9.90 Å². The summed E-state index contributed by atoms with van der Waals surface area (Å²) >= 11 is 0. The number of hydrogen-bond acceptors (Lipinski definition) is 3. The number of carbonyl (C=O) groups excluding carboxylic acids is 1. The summed E-state index contributed by atoms with van der Waals surface area (Å²) in [6.45, 7) is 0.302. The highest BCUT2D eigenvalue weighted by Gasteiger charge is 2.32. The van der Waals surface area contributed by atoms with Crippen molar-refractivity contribution in [3.63, 3.8) is 0 Å². The smallest absolute Gasteiger partial charge is 0.322 e. The lowest BCUT2D eigenvalue weighted by Gasteiger charge is -2.21. The molecular formula is C13H15N3O2. The van der Waals surface area contributed by atoms with Crippen LogP contribution in [0.1, 0.15) is 18.4 Å². The standard InChI is InChI=1S/C13H15N3O2/c14-9-10-2-1-3-11(8-10)15-13(18)16(6-7-17)12-4-5-12/h1-3,8,12,17H,4-7H2,(H,15,18). The summed E-state index contributed by atoms with van der Waals surface area (Å²) in [6, 6.07) is 8.82. The van der Waals surface area contributed by atoms with E-state index < -0.39 is 0 Å². The predicted octanol–water partition coefficient (Wildman–Crippen LogP) is 1.55. The molecule has 18 heavy (non-hydrogen) atoms. The van der Waals surface area contributed by atoms with Gasteiger partial charge in [0, 0.05) is 18.3 Å². The Morgan fingerprint density at radius 1 is 1.56 bits per heavy atom. The number of anilines is 1. The normalized spacial score (nSPS) is 13.8. The molecule has 0 spiro atoms. The highest BCUT2D eigenvalue weighted by atomic mass is 16.3. The van der Waals surface area contributed by atoms with Gasteiger partial charge in [0.2, 0.25) is 0 Å². The Morgan fingerprint density at radius 3 is 2.94 bits per heavy atom. The fraction of sp³-hybridized carbons (Fsp3) is 0.385. The Kier molecular flexibility index (Phi) is 3.80. The number of nitriles is 1. The Bertz CT molecular complexity index is 477. The van der Waals surface area contributed by atoms with Crippen LogP contribution in [0.15, 0.2) is 24.3 Å². The predicted molar refractivity (Wildman–Crippen MR) is 67.0 cm³/mol. The number of urea groups is 1. The third kappa shape index (κ3) is 2.99. The number of aliphatic hydroxyl groups is 1. The molecule has 0 atom stereocenters. The Hall–Kier alpha value is -2.06. The average molecular weight is 245 g/mol. The van der Waals surface area contributed by atoms with Crippen LogP contribution in [0.5, 0.6) is 0 Å².